The lowest BCUT2D eigenvalue weighted by molar-refractivity contribution is -0.124. The van der Waals surface area contributed by atoms with E-state index in [0.29, 0.717) is 25.5 Å². The van der Waals surface area contributed by atoms with Crippen molar-refractivity contribution < 1.29 is 19.0 Å². The van der Waals surface area contributed by atoms with Gasteiger partial charge in [-0.05, 0) is 49.9 Å². The van der Waals surface area contributed by atoms with Crippen LogP contribution in [0.5, 0.6) is 0 Å². The van der Waals surface area contributed by atoms with E-state index in [4.69, 9.17) is 14.2 Å². The summed E-state index contributed by atoms with van der Waals surface area (Å²) >= 11 is 0. The Kier molecular flexibility index (Phi) is 5.51. The van der Waals surface area contributed by atoms with Crippen LogP contribution in [0.3, 0.4) is 0 Å². The standard InChI is InChI=1S/C24H27N3O4/c1-29-19-7-4-16(5-8-19)24(28)27-14-18-3-2-10-25-23(18)26-20-9-6-17(13-21(20)27)22-15-30-11-12-31-22/h2-3,6,9-10,13,15-16,19H,4-5,7-8,11-12,14H2,1H3,(H,25,26). The van der Waals surface area contributed by atoms with E-state index < -0.39 is 0 Å². The maximum Gasteiger partial charge on any atom is 0.230 e. The molecule has 1 aromatic heterocycles. The SMILES string of the molecule is COC1CCC(C(=O)N2Cc3cccnc3Nc3ccc(C4=COCCO4)cc32)CC1. The van der Waals surface area contributed by atoms with Crippen molar-refractivity contribution in [1.29, 1.82) is 0 Å². The molecule has 1 aliphatic carbocycles. The van der Waals surface area contributed by atoms with Gasteiger partial charge in [0.05, 0.1) is 24.0 Å². The van der Waals surface area contributed by atoms with Gasteiger partial charge in [-0.1, -0.05) is 6.07 Å². The number of fused-ring (bicyclic) bond motifs is 2. The van der Waals surface area contributed by atoms with Crippen molar-refractivity contribution in [1.82, 2.24) is 4.98 Å². The van der Waals surface area contributed by atoms with Crippen LogP contribution >= 0.6 is 0 Å². The van der Waals surface area contributed by atoms with Gasteiger partial charge in [0.1, 0.15) is 25.3 Å². The lowest BCUT2D eigenvalue weighted by atomic mass is 9.86. The molecule has 0 saturated heterocycles. The highest BCUT2D eigenvalue weighted by atomic mass is 16.6. The van der Waals surface area contributed by atoms with E-state index in [1.165, 1.54) is 0 Å². The van der Waals surface area contributed by atoms with Gasteiger partial charge in [-0.25, -0.2) is 4.98 Å². The number of amides is 1. The Morgan fingerprint density at radius 2 is 2.06 bits per heavy atom. The summed E-state index contributed by atoms with van der Waals surface area (Å²) in [5, 5.41) is 3.42. The molecule has 0 unspecified atom stereocenters. The summed E-state index contributed by atoms with van der Waals surface area (Å²) < 4.78 is 16.7. The Morgan fingerprint density at radius 3 is 2.84 bits per heavy atom. The molecular formula is C24H27N3O4. The number of carbonyl (C=O) groups is 1. The number of rotatable bonds is 3. The third-order valence-electron chi connectivity index (χ3n) is 6.32. The monoisotopic (exact) mass is 421 g/mol. The Hall–Kier alpha value is -3.06. The number of ether oxygens (including phenoxy) is 3. The second kappa shape index (κ2) is 8.59. The predicted octanol–water partition coefficient (Wildman–Crippen LogP) is 4.22. The molecule has 0 atom stereocenters. The van der Waals surface area contributed by atoms with Gasteiger partial charge in [0.25, 0.3) is 0 Å². The molecule has 3 heterocycles. The number of anilines is 3. The van der Waals surface area contributed by atoms with Crippen molar-refractivity contribution in [3.63, 3.8) is 0 Å². The molecular weight excluding hydrogens is 394 g/mol. The number of nitrogens with zero attached hydrogens (tertiary/aromatic N) is 2. The van der Waals surface area contributed by atoms with E-state index in [1.807, 2.05) is 35.2 Å². The Bertz CT molecular complexity index is 998. The summed E-state index contributed by atoms with van der Waals surface area (Å²) in [7, 11) is 1.75. The van der Waals surface area contributed by atoms with Gasteiger partial charge in [-0.2, -0.15) is 0 Å². The number of benzene rings is 1. The zero-order chi connectivity index (χ0) is 21.2. The molecule has 0 bridgehead atoms. The predicted molar refractivity (Wildman–Crippen MR) is 118 cm³/mol. The normalized spacial score (nSPS) is 22.6. The van der Waals surface area contributed by atoms with Crippen molar-refractivity contribution >= 4 is 28.9 Å². The second-order valence-corrected chi connectivity index (χ2v) is 8.20. The molecule has 3 aliphatic rings. The van der Waals surface area contributed by atoms with Crippen LogP contribution < -0.4 is 10.2 Å². The number of aromatic nitrogens is 1. The number of carbonyl (C=O) groups excluding carboxylic acids is 1. The maximum atomic E-state index is 13.7. The summed E-state index contributed by atoms with van der Waals surface area (Å²) in [6, 6.07) is 9.90. The van der Waals surface area contributed by atoms with Crippen LogP contribution in [-0.4, -0.2) is 37.3 Å². The van der Waals surface area contributed by atoms with Gasteiger partial charge in [-0.3, -0.25) is 4.79 Å². The molecule has 7 nitrogen and oxygen atoms in total. The first-order chi connectivity index (χ1) is 15.2. The first-order valence-corrected chi connectivity index (χ1v) is 10.9. The van der Waals surface area contributed by atoms with Gasteiger partial charge in [-0.15, -0.1) is 0 Å². The molecule has 1 fully saturated rings. The van der Waals surface area contributed by atoms with Crippen LogP contribution in [-0.2, 0) is 25.5 Å². The van der Waals surface area contributed by atoms with E-state index in [2.05, 4.69) is 10.3 Å². The fourth-order valence-corrected chi connectivity index (χ4v) is 4.56. The quantitative estimate of drug-likeness (QED) is 0.800. The summed E-state index contributed by atoms with van der Waals surface area (Å²) in [6.45, 7) is 1.54. The molecule has 1 saturated carbocycles. The van der Waals surface area contributed by atoms with Gasteiger partial charge in [0, 0.05) is 30.4 Å². The minimum Gasteiger partial charge on any atom is -0.494 e. The smallest absolute Gasteiger partial charge is 0.230 e. The number of nitrogens with one attached hydrogen (secondary N) is 1. The van der Waals surface area contributed by atoms with E-state index in [0.717, 1.165) is 54.0 Å². The lowest BCUT2D eigenvalue weighted by Gasteiger charge is -2.32. The first kappa shape index (κ1) is 19.9. The van der Waals surface area contributed by atoms with Crippen LogP contribution in [0.4, 0.5) is 17.2 Å². The van der Waals surface area contributed by atoms with Crippen molar-refractivity contribution in [2.75, 3.05) is 30.5 Å². The summed E-state index contributed by atoms with van der Waals surface area (Å²) in [4.78, 5) is 20.1. The largest absolute Gasteiger partial charge is 0.494 e. The van der Waals surface area contributed by atoms with E-state index in [9.17, 15) is 4.79 Å². The maximum absolute atomic E-state index is 13.7. The average Bonchev–Trinajstić information content (AvgIpc) is 3.00. The summed E-state index contributed by atoms with van der Waals surface area (Å²) in [5.74, 6) is 1.61. The third kappa shape index (κ3) is 3.97. The first-order valence-electron chi connectivity index (χ1n) is 10.9. The molecule has 2 aliphatic heterocycles. The Balaban J connectivity index is 1.51. The fourth-order valence-electron chi connectivity index (χ4n) is 4.56. The topological polar surface area (TPSA) is 72.9 Å². The average molecular weight is 421 g/mol. The van der Waals surface area contributed by atoms with E-state index in [1.54, 1.807) is 19.6 Å². The third-order valence-corrected chi connectivity index (χ3v) is 6.32. The van der Waals surface area contributed by atoms with E-state index in [-0.39, 0.29) is 17.9 Å². The van der Waals surface area contributed by atoms with Crippen molar-refractivity contribution in [3.8, 4) is 0 Å². The van der Waals surface area contributed by atoms with Crippen LogP contribution in [0.2, 0.25) is 0 Å². The van der Waals surface area contributed by atoms with Crippen molar-refractivity contribution in [3.05, 3.63) is 53.9 Å². The molecule has 7 heteroatoms. The highest BCUT2D eigenvalue weighted by Crippen LogP contribution is 2.39. The molecule has 0 radical (unpaired) electrons. The molecule has 1 amide bonds. The second-order valence-electron chi connectivity index (χ2n) is 8.20. The highest BCUT2D eigenvalue weighted by molar-refractivity contribution is 6.00. The fraction of sp³-hybridized carbons (Fsp3) is 0.417. The van der Waals surface area contributed by atoms with Crippen LogP contribution in [0, 0.1) is 5.92 Å². The van der Waals surface area contributed by atoms with Crippen molar-refractivity contribution in [2.45, 2.75) is 38.3 Å². The molecule has 0 spiro atoms. The van der Waals surface area contributed by atoms with E-state index >= 15 is 0 Å². The molecule has 31 heavy (non-hydrogen) atoms. The Morgan fingerprint density at radius 1 is 1.19 bits per heavy atom. The van der Waals surface area contributed by atoms with Gasteiger partial charge >= 0.3 is 0 Å². The zero-order valence-corrected chi connectivity index (χ0v) is 17.7. The van der Waals surface area contributed by atoms with Crippen LogP contribution in [0.1, 0.15) is 36.8 Å². The zero-order valence-electron chi connectivity index (χ0n) is 17.7. The van der Waals surface area contributed by atoms with Gasteiger partial charge in [0.2, 0.25) is 5.91 Å². The minimum atomic E-state index is -0.00499. The molecule has 5 rings (SSSR count). The van der Waals surface area contributed by atoms with Crippen molar-refractivity contribution in [2.24, 2.45) is 5.92 Å². The molecule has 1 N–H and O–H groups in total. The molecule has 2 aromatic rings. The van der Waals surface area contributed by atoms with Gasteiger partial charge < -0.3 is 24.4 Å². The number of hydrogen-bond acceptors (Lipinski definition) is 6. The number of pyridine rings is 1. The van der Waals surface area contributed by atoms with Crippen LogP contribution in [0.15, 0.2) is 42.8 Å². The molecule has 162 valence electrons. The summed E-state index contributed by atoms with van der Waals surface area (Å²) in [6.07, 6.45) is 7.19. The Labute approximate surface area is 182 Å². The number of methoxy groups -OCH3 is 1. The number of hydrogen-bond donors (Lipinski definition) is 1. The summed E-state index contributed by atoms with van der Waals surface area (Å²) in [5.41, 5.74) is 3.58. The minimum absolute atomic E-state index is 0.00499. The van der Waals surface area contributed by atoms with Gasteiger partial charge in [0.15, 0.2) is 5.76 Å². The van der Waals surface area contributed by atoms with Crippen LogP contribution in [0.25, 0.3) is 5.76 Å². The lowest BCUT2D eigenvalue weighted by Crippen LogP contribution is -2.38. The molecule has 1 aromatic carbocycles. The highest BCUT2D eigenvalue weighted by Gasteiger charge is 2.33.